The van der Waals surface area contributed by atoms with Crippen molar-refractivity contribution in [3.63, 3.8) is 0 Å². The Balaban J connectivity index is 1.81. The van der Waals surface area contributed by atoms with Gasteiger partial charge in [-0.15, -0.1) is 0 Å². The first-order valence-electron chi connectivity index (χ1n) is 9.71. The topological polar surface area (TPSA) is 59.0 Å². The number of hydrogen-bond acceptors (Lipinski definition) is 3. The Kier molecular flexibility index (Phi) is 5.77. The quantitative estimate of drug-likeness (QED) is 0.804. The Morgan fingerprint density at radius 3 is 2.46 bits per heavy atom. The summed E-state index contributed by atoms with van der Waals surface area (Å²) in [6.45, 7) is 6.73. The van der Waals surface area contributed by atoms with Crippen molar-refractivity contribution in [2.75, 3.05) is 19.6 Å². The maximum atomic E-state index is 13.3. The molecule has 1 saturated heterocycles. The van der Waals surface area contributed by atoms with Gasteiger partial charge >= 0.3 is 0 Å². The molecule has 26 heavy (non-hydrogen) atoms. The SMILES string of the molecule is CCC(CC)(CNC(=O)C1(n2cccn2)CCNCC1)c1ccccc1. The minimum atomic E-state index is -0.585. The standard InChI is InChI=1S/C21H30N4O/c1-3-20(4-2,18-9-6-5-7-10-18)17-23-19(26)21(11-14-22-15-12-21)25-16-8-13-24-25/h5-10,13,16,22H,3-4,11-12,14-15,17H2,1-2H3,(H,23,26). The van der Waals surface area contributed by atoms with Gasteiger partial charge in [-0.05, 0) is 50.4 Å². The number of piperidine rings is 1. The summed E-state index contributed by atoms with van der Waals surface area (Å²) in [4.78, 5) is 13.3. The number of carbonyl (C=O) groups excluding carboxylic acids is 1. The van der Waals surface area contributed by atoms with Crippen molar-refractivity contribution in [2.24, 2.45) is 0 Å². The molecule has 0 aliphatic carbocycles. The van der Waals surface area contributed by atoms with E-state index in [-0.39, 0.29) is 11.3 Å². The molecule has 0 unspecified atom stereocenters. The zero-order valence-electron chi connectivity index (χ0n) is 15.9. The fraction of sp³-hybridized carbons (Fsp3) is 0.524. The zero-order valence-corrected chi connectivity index (χ0v) is 15.9. The van der Waals surface area contributed by atoms with Crippen LogP contribution < -0.4 is 10.6 Å². The molecule has 5 nitrogen and oxygen atoms in total. The summed E-state index contributed by atoms with van der Waals surface area (Å²) in [6, 6.07) is 12.4. The number of rotatable bonds is 7. The molecule has 5 heteroatoms. The molecule has 0 saturated carbocycles. The van der Waals surface area contributed by atoms with E-state index >= 15 is 0 Å². The van der Waals surface area contributed by atoms with Gasteiger partial charge in [0.1, 0.15) is 5.54 Å². The predicted octanol–water partition coefficient (Wildman–Crippen LogP) is 2.84. The first-order chi connectivity index (χ1) is 12.7. The van der Waals surface area contributed by atoms with Gasteiger partial charge in [-0.25, -0.2) is 0 Å². The summed E-state index contributed by atoms with van der Waals surface area (Å²) < 4.78 is 1.85. The highest BCUT2D eigenvalue weighted by atomic mass is 16.2. The van der Waals surface area contributed by atoms with Gasteiger partial charge < -0.3 is 10.6 Å². The van der Waals surface area contributed by atoms with Gasteiger partial charge in [0.2, 0.25) is 5.91 Å². The van der Waals surface area contributed by atoms with Crippen molar-refractivity contribution in [1.29, 1.82) is 0 Å². The summed E-state index contributed by atoms with van der Waals surface area (Å²) in [7, 11) is 0. The second-order valence-corrected chi connectivity index (χ2v) is 7.27. The van der Waals surface area contributed by atoms with Crippen LogP contribution in [0.1, 0.15) is 45.1 Å². The Morgan fingerprint density at radius 1 is 1.19 bits per heavy atom. The van der Waals surface area contributed by atoms with E-state index in [4.69, 9.17) is 0 Å². The van der Waals surface area contributed by atoms with Gasteiger partial charge in [0.25, 0.3) is 0 Å². The van der Waals surface area contributed by atoms with Crippen LogP contribution in [0, 0.1) is 0 Å². The number of nitrogens with one attached hydrogen (secondary N) is 2. The molecule has 1 aromatic carbocycles. The van der Waals surface area contributed by atoms with Crippen LogP contribution in [-0.2, 0) is 15.7 Å². The van der Waals surface area contributed by atoms with Crippen LogP contribution in [0.3, 0.4) is 0 Å². The van der Waals surface area contributed by atoms with E-state index in [0.29, 0.717) is 6.54 Å². The molecule has 1 aliphatic heterocycles. The number of benzene rings is 1. The zero-order chi connectivity index (χ0) is 18.5. The smallest absolute Gasteiger partial charge is 0.248 e. The summed E-state index contributed by atoms with van der Waals surface area (Å²) in [5.41, 5.74) is 0.678. The Morgan fingerprint density at radius 2 is 1.88 bits per heavy atom. The first-order valence-corrected chi connectivity index (χ1v) is 9.71. The fourth-order valence-corrected chi connectivity index (χ4v) is 4.14. The van der Waals surface area contributed by atoms with E-state index in [0.717, 1.165) is 38.8 Å². The van der Waals surface area contributed by atoms with Crippen LogP contribution in [0.4, 0.5) is 0 Å². The van der Waals surface area contributed by atoms with Gasteiger partial charge in [0, 0.05) is 24.4 Å². The van der Waals surface area contributed by atoms with Gasteiger partial charge in [-0.1, -0.05) is 44.2 Å². The van der Waals surface area contributed by atoms with Crippen molar-refractivity contribution >= 4 is 5.91 Å². The van der Waals surface area contributed by atoms with Crippen LogP contribution >= 0.6 is 0 Å². The fourth-order valence-electron chi connectivity index (χ4n) is 4.14. The second kappa shape index (κ2) is 8.04. The average molecular weight is 354 g/mol. The maximum Gasteiger partial charge on any atom is 0.248 e. The van der Waals surface area contributed by atoms with Crippen LogP contribution in [-0.4, -0.2) is 35.3 Å². The molecule has 3 rings (SSSR count). The molecule has 2 N–H and O–H groups in total. The van der Waals surface area contributed by atoms with Gasteiger partial charge in [-0.3, -0.25) is 9.48 Å². The van der Waals surface area contributed by atoms with Crippen molar-refractivity contribution in [3.05, 3.63) is 54.4 Å². The maximum absolute atomic E-state index is 13.3. The molecule has 0 atom stereocenters. The summed E-state index contributed by atoms with van der Waals surface area (Å²) in [6.07, 6.45) is 7.17. The van der Waals surface area contributed by atoms with Gasteiger partial charge in [-0.2, -0.15) is 5.10 Å². The Bertz CT molecular complexity index is 686. The molecular weight excluding hydrogens is 324 g/mol. The molecule has 0 bridgehead atoms. The molecule has 0 radical (unpaired) electrons. The molecule has 1 fully saturated rings. The van der Waals surface area contributed by atoms with Gasteiger partial charge in [0.15, 0.2) is 0 Å². The third-order valence-corrected chi connectivity index (χ3v) is 6.12. The van der Waals surface area contributed by atoms with E-state index < -0.39 is 5.54 Å². The average Bonchev–Trinajstić information content (AvgIpc) is 3.26. The van der Waals surface area contributed by atoms with E-state index in [1.54, 1.807) is 6.20 Å². The lowest BCUT2D eigenvalue weighted by molar-refractivity contribution is -0.132. The summed E-state index contributed by atoms with van der Waals surface area (Å²) >= 11 is 0. The largest absolute Gasteiger partial charge is 0.353 e. The van der Waals surface area contributed by atoms with E-state index in [1.807, 2.05) is 23.0 Å². The van der Waals surface area contributed by atoms with Crippen molar-refractivity contribution in [3.8, 4) is 0 Å². The number of nitrogens with zero attached hydrogens (tertiary/aromatic N) is 2. The second-order valence-electron chi connectivity index (χ2n) is 7.27. The monoisotopic (exact) mass is 354 g/mol. The third kappa shape index (κ3) is 3.40. The first kappa shape index (κ1) is 18.6. The van der Waals surface area contributed by atoms with Gasteiger partial charge in [0.05, 0.1) is 0 Å². The highest BCUT2D eigenvalue weighted by molar-refractivity contribution is 5.84. The highest BCUT2D eigenvalue weighted by Gasteiger charge is 2.42. The summed E-state index contributed by atoms with van der Waals surface area (Å²) in [5.74, 6) is 0.0879. The minimum absolute atomic E-state index is 0.0326. The van der Waals surface area contributed by atoms with E-state index in [2.05, 4.69) is 53.8 Å². The van der Waals surface area contributed by atoms with Crippen LogP contribution in [0.2, 0.25) is 0 Å². The third-order valence-electron chi connectivity index (χ3n) is 6.12. The summed E-state index contributed by atoms with van der Waals surface area (Å²) in [5, 5.41) is 11.1. The van der Waals surface area contributed by atoms with Crippen LogP contribution in [0.15, 0.2) is 48.8 Å². The number of amides is 1. The molecule has 1 amide bonds. The van der Waals surface area contributed by atoms with Crippen LogP contribution in [0.25, 0.3) is 0 Å². The Hall–Kier alpha value is -2.14. The van der Waals surface area contributed by atoms with E-state index in [1.165, 1.54) is 5.56 Å². The van der Waals surface area contributed by atoms with Crippen molar-refractivity contribution in [1.82, 2.24) is 20.4 Å². The molecule has 1 aliphatic rings. The van der Waals surface area contributed by atoms with Crippen LogP contribution in [0.5, 0.6) is 0 Å². The number of aromatic nitrogens is 2. The number of carbonyl (C=O) groups is 1. The van der Waals surface area contributed by atoms with Crippen molar-refractivity contribution < 1.29 is 4.79 Å². The molecule has 2 heterocycles. The lowest BCUT2D eigenvalue weighted by Gasteiger charge is -2.39. The predicted molar refractivity (Wildman–Crippen MR) is 104 cm³/mol. The van der Waals surface area contributed by atoms with E-state index in [9.17, 15) is 4.79 Å². The number of hydrogen-bond donors (Lipinski definition) is 2. The normalized spacial score (nSPS) is 17.0. The molecule has 2 aromatic rings. The molecule has 0 spiro atoms. The van der Waals surface area contributed by atoms with Crippen molar-refractivity contribution in [2.45, 2.75) is 50.5 Å². The lowest BCUT2D eigenvalue weighted by atomic mass is 9.75. The minimum Gasteiger partial charge on any atom is -0.353 e. The Labute approximate surface area is 156 Å². The molecule has 140 valence electrons. The molecular formula is C21H30N4O. The molecule has 1 aromatic heterocycles. The highest BCUT2D eigenvalue weighted by Crippen LogP contribution is 2.32. The lowest BCUT2D eigenvalue weighted by Crippen LogP contribution is -2.56.